The first kappa shape index (κ1) is 21.2. The Morgan fingerprint density at radius 3 is 2.70 bits per heavy atom. The molecule has 1 aliphatic heterocycles. The van der Waals surface area contributed by atoms with Crippen molar-refractivity contribution in [1.29, 1.82) is 0 Å². The van der Waals surface area contributed by atoms with Gasteiger partial charge in [0.15, 0.2) is 6.61 Å². The summed E-state index contributed by atoms with van der Waals surface area (Å²) in [4.78, 5) is 39.1. The average molecular weight is 411 g/mol. The van der Waals surface area contributed by atoms with Gasteiger partial charge in [-0.2, -0.15) is 0 Å². The predicted octanol–water partition coefficient (Wildman–Crippen LogP) is 2.16. The van der Waals surface area contributed by atoms with Gasteiger partial charge < -0.3 is 25.1 Å². The molecule has 0 unspecified atom stereocenters. The maximum atomic E-state index is 12.4. The number of allylic oxidation sites excluding steroid dienone is 1. The smallest absolute Gasteiger partial charge is 0.343 e. The van der Waals surface area contributed by atoms with Gasteiger partial charge in [0, 0.05) is 33.6 Å². The summed E-state index contributed by atoms with van der Waals surface area (Å²) in [6.45, 7) is 9.32. The third-order valence-electron chi connectivity index (χ3n) is 5.08. The van der Waals surface area contributed by atoms with Gasteiger partial charge >= 0.3 is 5.97 Å². The number of hydrogen-bond donors (Lipinski definition) is 3. The lowest BCUT2D eigenvalue weighted by atomic mass is 9.86. The Morgan fingerprint density at radius 2 is 2.03 bits per heavy atom. The molecule has 1 aromatic heterocycles. The highest BCUT2D eigenvalue weighted by atomic mass is 16.6. The SMILES string of the molecule is C=CC(C)(C)c1[nH]c2cc(OCC(=O)OC)ccc2c1/C=C1\NC(=O)[C@H](C)NC1=O. The number of fused-ring (bicyclic) bond motifs is 1. The van der Waals surface area contributed by atoms with Gasteiger partial charge in [0.25, 0.3) is 5.91 Å². The average Bonchev–Trinajstić information content (AvgIpc) is 3.08. The van der Waals surface area contributed by atoms with Crippen LogP contribution in [0.2, 0.25) is 0 Å². The molecule has 1 atom stereocenters. The summed E-state index contributed by atoms with van der Waals surface area (Å²) in [6, 6.07) is 4.74. The zero-order valence-electron chi connectivity index (χ0n) is 17.4. The summed E-state index contributed by atoms with van der Waals surface area (Å²) in [5.41, 5.74) is 2.07. The third kappa shape index (κ3) is 4.07. The van der Waals surface area contributed by atoms with E-state index in [0.29, 0.717) is 5.75 Å². The molecular weight excluding hydrogens is 386 g/mol. The minimum absolute atomic E-state index is 0.172. The van der Waals surface area contributed by atoms with E-state index in [-0.39, 0.29) is 24.1 Å². The molecule has 1 aromatic carbocycles. The molecule has 1 saturated heterocycles. The maximum absolute atomic E-state index is 12.4. The van der Waals surface area contributed by atoms with Gasteiger partial charge in [-0.3, -0.25) is 9.59 Å². The summed E-state index contributed by atoms with van der Waals surface area (Å²) >= 11 is 0. The molecule has 0 aliphatic carbocycles. The molecule has 8 nitrogen and oxygen atoms in total. The Bertz CT molecular complexity index is 1060. The quantitative estimate of drug-likeness (QED) is 0.383. The molecule has 2 amide bonds. The van der Waals surface area contributed by atoms with E-state index < -0.39 is 17.4 Å². The number of aromatic amines is 1. The molecule has 2 heterocycles. The van der Waals surface area contributed by atoms with Gasteiger partial charge in [-0.05, 0) is 25.1 Å². The first-order chi connectivity index (χ1) is 14.2. The van der Waals surface area contributed by atoms with E-state index in [1.807, 2.05) is 19.9 Å². The van der Waals surface area contributed by atoms with Crippen molar-refractivity contribution in [3.63, 3.8) is 0 Å². The molecule has 1 fully saturated rings. The second-order valence-electron chi connectivity index (χ2n) is 7.65. The fraction of sp³-hybridized carbons (Fsp3) is 0.318. The lowest BCUT2D eigenvalue weighted by Crippen LogP contribution is -2.53. The lowest BCUT2D eigenvalue weighted by Gasteiger charge is -2.23. The van der Waals surface area contributed by atoms with Crippen LogP contribution in [-0.2, 0) is 24.5 Å². The first-order valence-corrected chi connectivity index (χ1v) is 9.49. The number of nitrogens with one attached hydrogen (secondary N) is 3. The van der Waals surface area contributed by atoms with Crippen molar-refractivity contribution in [1.82, 2.24) is 15.6 Å². The van der Waals surface area contributed by atoms with Crippen LogP contribution >= 0.6 is 0 Å². The highest BCUT2D eigenvalue weighted by Crippen LogP contribution is 2.35. The predicted molar refractivity (Wildman–Crippen MR) is 113 cm³/mol. The number of ether oxygens (including phenoxy) is 2. The van der Waals surface area contributed by atoms with Crippen molar-refractivity contribution in [2.45, 2.75) is 32.2 Å². The van der Waals surface area contributed by atoms with Crippen LogP contribution in [0.5, 0.6) is 5.75 Å². The standard InChI is InChI=1S/C22H25N3O5/c1-6-22(3,4)19-15(10-17-21(28)23-12(2)20(27)25-17)14-8-7-13(9-16(14)24-19)30-11-18(26)29-5/h6-10,12,24H,1,11H2,2-5H3,(H,23,28)(H,25,27)/b17-10-/t12-/m0/s1. The third-order valence-corrected chi connectivity index (χ3v) is 5.08. The monoisotopic (exact) mass is 411 g/mol. The lowest BCUT2D eigenvalue weighted by molar-refractivity contribution is -0.142. The Balaban J connectivity index is 2.09. The van der Waals surface area contributed by atoms with Crippen LogP contribution < -0.4 is 15.4 Å². The number of carbonyl (C=O) groups excluding carboxylic acids is 3. The molecule has 30 heavy (non-hydrogen) atoms. The van der Waals surface area contributed by atoms with Crippen LogP contribution in [0.4, 0.5) is 0 Å². The number of amides is 2. The number of piperazine rings is 1. The Labute approximate surface area is 174 Å². The number of hydrogen-bond acceptors (Lipinski definition) is 5. The zero-order chi connectivity index (χ0) is 22.1. The minimum atomic E-state index is -0.587. The van der Waals surface area contributed by atoms with Crippen LogP contribution in [0.1, 0.15) is 32.0 Å². The van der Waals surface area contributed by atoms with Crippen molar-refractivity contribution in [2.75, 3.05) is 13.7 Å². The fourth-order valence-electron chi connectivity index (χ4n) is 3.13. The van der Waals surface area contributed by atoms with Gasteiger partial charge in [0.1, 0.15) is 17.5 Å². The van der Waals surface area contributed by atoms with Crippen LogP contribution in [0.25, 0.3) is 17.0 Å². The molecule has 158 valence electrons. The molecule has 8 heteroatoms. The Kier molecular flexibility index (Phi) is 5.69. The van der Waals surface area contributed by atoms with E-state index in [9.17, 15) is 14.4 Å². The van der Waals surface area contributed by atoms with Crippen LogP contribution in [0.15, 0.2) is 36.6 Å². The number of aromatic nitrogens is 1. The van der Waals surface area contributed by atoms with E-state index in [2.05, 4.69) is 26.9 Å². The van der Waals surface area contributed by atoms with Crippen molar-refractivity contribution < 1.29 is 23.9 Å². The number of esters is 1. The summed E-state index contributed by atoms with van der Waals surface area (Å²) < 4.78 is 10.1. The van der Waals surface area contributed by atoms with Crippen LogP contribution in [-0.4, -0.2) is 42.5 Å². The topological polar surface area (TPSA) is 110 Å². The summed E-state index contributed by atoms with van der Waals surface area (Å²) in [5.74, 6) is -0.608. The number of carbonyl (C=O) groups is 3. The summed E-state index contributed by atoms with van der Waals surface area (Å²) in [7, 11) is 1.30. The molecule has 0 saturated carbocycles. The highest BCUT2D eigenvalue weighted by molar-refractivity contribution is 6.08. The Morgan fingerprint density at radius 1 is 1.30 bits per heavy atom. The Hall–Kier alpha value is -3.55. The van der Waals surface area contributed by atoms with Gasteiger partial charge in [-0.15, -0.1) is 6.58 Å². The molecule has 1 aliphatic rings. The normalized spacial score (nSPS) is 18.1. The molecule has 0 spiro atoms. The number of benzene rings is 1. The number of rotatable bonds is 6. The van der Waals surface area contributed by atoms with Gasteiger partial charge in [0.05, 0.1) is 7.11 Å². The molecule has 3 N–H and O–H groups in total. The maximum Gasteiger partial charge on any atom is 0.343 e. The number of H-pyrrole nitrogens is 1. The zero-order valence-corrected chi connectivity index (χ0v) is 17.4. The van der Waals surface area contributed by atoms with Crippen molar-refractivity contribution in [3.8, 4) is 5.75 Å². The summed E-state index contributed by atoms with van der Waals surface area (Å²) in [6.07, 6.45) is 3.46. The molecule has 0 radical (unpaired) electrons. The molecule has 3 rings (SSSR count). The van der Waals surface area contributed by atoms with E-state index in [1.54, 1.807) is 31.2 Å². The van der Waals surface area contributed by atoms with E-state index in [1.165, 1.54) is 7.11 Å². The van der Waals surface area contributed by atoms with Gasteiger partial charge in [-0.25, -0.2) is 4.79 Å². The van der Waals surface area contributed by atoms with Gasteiger partial charge in [-0.1, -0.05) is 19.9 Å². The van der Waals surface area contributed by atoms with Crippen molar-refractivity contribution in [3.05, 3.63) is 47.8 Å². The second kappa shape index (κ2) is 8.06. The first-order valence-electron chi connectivity index (χ1n) is 9.49. The molecule has 2 aromatic rings. The van der Waals surface area contributed by atoms with E-state index in [4.69, 9.17) is 4.74 Å². The highest BCUT2D eigenvalue weighted by Gasteiger charge is 2.29. The van der Waals surface area contributed by atoms with E-state index in [0.717, 1.165) is 22.2 Å². The molecule has 0 bridgehead atoms. The molecular formula is C22H25N3O5. The minimum Gasteiger partial charge on any atom is -0.482 e. The largest absolute Gasteiger partial charge is 0.482 e. The van der Waals surface area contributed by atoms with Crippen molar-refractivity contribution in [2.24, 2.45) is 0 Å². The second-order valence-corrected chi connectivity index (χ2v) is 7.65. The number of methoxy groups -OCH3 is 1. The van der Waals surface area contributed by atoms with E-state index >= 15 is 0 Å². The van der Waals surface area contributed by atoms with Crippen molar-refractivity contribution >= 4 is 34.8 Å². The fourth-order valence-corrected chi connectivity index (χ4v) is 3.13. The van der Waals surface area contributed by atoms with Crippen LogP contribution in [0, 0.1) is 0 Å². The van der Waals surface area contributed by atoms with Gasteiger partial charge in [0.2, 0.25) is 5.91 Å². The summed E-state index contributed by atoms with van der Waals surface area (Å²) in [5, 5.41) is 6.13. The van der Waals surface area contributed by atoms with Crippen LogP contribution in [0.3, 0.4) is 0 Å².